The van der Waals surface area contributed by atoms with E-state index in [9.17, 15) is 4.79 Å². The summed E-state index contributed by atoms with van der Waals surface area (Å²) in [7, 11) is 0. The number of aromatic nitrogens is 2. The Hall–Kier alpha value is -2.12. The molecule has 2 N–H and O–H groups in total. The van der Waals surface area contributed by atoms with Crippen molar-refractivity contribution in [2.24, 2.45) is 0 Å². The average Bonchev–Trinajstić information content (AvgIpc) is 3.12. The van der Waals surface area contributed by atoms with Crippen molar-refractivity contribution in [2.45, 2.75) is 38.8 Å². The maximum absolute atomic E-state index is 12.6. The topological polar surface area (TPSA) is 73.5 Å². The van der Waals surface area contributed by atoms with Crippen LogP contribution in [-0.4, -0.2) is 70.7 Å². The summed E-state index contributed by atoms with van der Waals surface area (Å²) in [4.78, 5) is 24.9. The molecule has 2 amide bonds. The van der Waals surface area contributed by atoms with Crippen molar-refractivity contribution in [3.05, 3.63) is 29.6 Å². The number of carbonyl (C=O) groups is 1. The highest BCUT2D eigenvalue weighted by Crippen LogP contribution is 2.29. The molecule has 0 aliphatic carbocycles. The number of rotatable bonds is 3. The van der Waals surface area contributed by atoms with Gasteiger partial charge in [0.05, 0.1) is 30.8 Å². The number of morpholine rings is 1. The van der Waals surface area contributed by atoms with Crippen LogP contribution in [0, 0.1) is 6.92 Å². The van der Waals surface area contributed by atoms with E-state index in [-0.39, 0.29) is 11.6 Å². The van der Waals surface area contributed by atoms with Gasteiger partial charge in [-0.25, -0.2) is 9.78 Å². The lowest BCUT2D eigenvalue weighted by Crippen LogP contribution is -2.58. The fourth-order valence-corrected chi connectivity index (χ4v) is 4.19. The van der Waals surface area contributed by atoms with Gasteiger partial charge in [0.25, 0.3) is 0 Å². The second kappa shape index (κ2) is 7.48. The van der Waals surface area contributed by atoms with E-state index in [2.05, 4.69) is 27.1 Å². The van der Waals surface area contributed by atoms with Crippen molar-refractivity contribution >= 4 is 17.1 Å². The Morgan fingerprint density at radius 3 is 2.70 bits per heavy atom. The minimum Gasteiger partial charge on any atom is -0.379 e. The summed E-state index contributed by atoms with van der Waals surface area (Å²) in [6.07, 6.45) is 2.01. The highest BCUT2D eigenvalue weighted by molar-refractivity contribution is 5.79. The number of likely N-dealkylation sites (tertiary alicyclic amines) is 1. The van der Waals surface area contributed by atoms with Crippen molar-refractivity contribution in [3.63, 3.8) is 0 Å². The van der Waals surface area contributed by atoms with Crippen LogP contribution >= 0.6 is 0 Å². The van der Waals surface area contributed by atoms with Crippen molar-refractivity contribution in [3.8, 4) is 0 Å². The number of para-hydroxylation sites is 1. The standard InChI is InChI=1S/C20H29N5O2/c1-15-4-3-5-16-18(15)23-17(22-16)14-21-19(26)24-8-6-20(2,7-9-24)25-10-12-27-13-11-25/h3-5H,6-14H2,1-2H3,(H,21,26)(H,22,23). The zero-order chi connectivity index (χ0) is 18.9. The van der Waals surface area contributed by atoms with E-state index in [0.29, 0.717) is 6.54 Å². The molecule has 7 heteroatoms. The molecule has 0 unspecified atom stereocenters. The number of fused-ring (bicyclic) bond motifs is 1. The average molecular weight is 371 g/mol. The number of aromatic amines is 1. The molecule has 0 spiro atoms. The van der Waals surface area contributed by atoms with Gasteiger partial charge in [-0.3, -0.25) is 4.90 Å². The highest BCUT2D eigenvalue weighted by atomic mass is 16.5. The van der Waals surface area contributed by atoms with E-state index < -0.39 is 0 Å². The van der Waals surface area contributed by atoms with Crippen molar-refractivity contribution in [1.82, 2.24) is 25.1 Å². The van der Waals surface area contributed by atoms with Gasteiger partial charge in [-0.15, -0.1) is 0 Å². The first-order valence-electron chi connectivity index (χ1n) is 9.85. The molecule has 1 aromatic heterocycles. The predicted octanol–water partition coefficient (Wildman–Crippen LogP) is 2.27. The molecule has 0 bridgehead atoms. The molecular weight excluding hydrogens is 342 g/mol. The number of nitrogens with one attached hydrogen (secondary N) is 2. The molecule has 3 heterocycles. The number of H-pyrrole nitrogens is 1. The summed E-state index contributed by atoms with van der Waals surface area (Å²) in [5.74, 6) is 0.794. The Labute approximate surface area is 160 Å². The summed E-state index contributed by atoms with van der Waals surface area (Å²) in [5.41, 5.74) is 3.30. The summed E-state index contributed by atoms with van der Waals surface area (Å²) in [5, 5.41) is 3.02. The SMILES string of the molecule is Cc1cccc2[nH]c(CNC(=O)N3CCC(C)(N4CCOCC4)CC3)nc12. The number of carbonyl (C=O) groups excluding carboxylic acids is 1. The van der Waals surface area contributed by atoms with Crippen LogP contribution in [-0.2, 0) is 11.3 Å². The number of piperidine rings is 1. The minimum absolute atomic E-state index is 0.00351. The van der Waals surface area contributed by atoms with Crippen LogP contribution in [0.5, 0.6) is 0 Å². The summed E-state index contributed by atoms with van der Waals surface area (Å²) in [6, 6.07) is 6.07. The monoisotopic (exact) mass is 371 g/mol. The van der Waals surface area contributed by atoms with E-state index >= 15 is 0 Å². The number of imidazole rings is 1. The molecule has 7 nitrogen and oxygen atoms in total. The molecule has 4 rings (SSSR count). The molecule has 2 saturated heterocycles. The van der Waals surface area contributed by atoms with E-state index in [1.165, 1.54) is 0 Å². The third-order valence-electron chi connectivity index (χ3n) is 6.07. The Bertz CT molecular complexity index is 804. The van der Waals surface area contributed by atoms with Crippen LogP contribution in [0.15, 0.2) is 18.2 Å². The lowest BCUT2D eigenvalue weighted by molar-refractivity contribution is -0.0357. The van der Waals surface area contributed by atoms with Gasteiger partial charge in [0.2, 0.25) is 0 Å². The van der Waals surface area contributed by atoms with Crippen LogP contribution in [0.1, 0.15) is 31.2 Å². The van der Waals surface area contributed by atoms with Crippen molar-refractivity contribution in [2.75, 3.05) is 39.4 Å². The van der Waals surface area contributed by atoms with Crippen molar-refractivity contribution in [1.29, 1.82) is 0 Å². The predicted molar refractivity (Wildman–Crippen MR) is 105 cm³/mol. The van der Waals surface area contributed by atoms with Gasteiger partial charge >= 0.3 is 6.03 Å². The van der Waals surface area contributed by atoms with Crippen LogP contribution in [0.25, 0.3) is 11.0 Å². The summed E-state index contributed by atoms with van der Waals surface area (Å²) in [6.45, 7) is 9.99. The molecule has 2 aromatic rings. The van der Waals surface area contributed by atoms with Crippen LogP contribution < -0.4 is 5.32 Å². The molecule has 0 radical (unpaired) electrons. The highest BCUT2D eigenvalue weighted by Gasteiger charge is 2.37. The maximum atomic E-state index is 12.6. The third kappa shape index (κ3) is 3.80. The molecule has 2 aliphatic heterocycles. The van der Waals surface area contributed by atoms with Crippen LogP contribution in [0.3, 0.4) is 0 Å². The number of benzene rings is 1. The second-order valence-corrected chi connectivity index (χ2v) is 7.90. The molecule has 0 atom stereocenters. The first kappa shape index (κ1) is 18.3. The van der Waals surface area contributed by atoms with E-state index in [0.717, 1.165) is 74.7 Å². The fraction of sp³-hybridized carbons (Fsp3) is 0.600. The molecule has 1 aromatic carbocycles. The molecule has 2 fully saturated rings. The number of hydrogen-bond donors (Lipinski definition) is 2. The fourth-order valence-electron chi connectivity index (χ4n) is 4.19. The van der Waals surface area contributed by atoms with Gasteiger partial charge in [-0.1, -0.05) is 12.1 Å². The number of nitrogens with zero attached hydrogens (tertiary/aromatic N) is 3. The summed E-state index contributed by atoms with van der Waals surface area (Å²) >= 11 is 0. The Balaban J connectivity index is 1.30. The first-order valence-corrected chi connectivity index (χ1v) is 9.85. The van der Waals surface area contributed by atoms with Crippen LogP contribution in [0.4, 0.5) is 4.79 Å². The number of aryl methyl sites for hydroxylation is 1. The van der Waals surface area contributed by atoms with Gasteiger partial charge in [0.1, 0.15) is 5.82 Å². The van der Waals surface area contributed by atoms with E-state index in [4.69, 9.17) is 4.74 Å². The largest absolute Gasteiger partial charge is 0.379 e. The van der Waals surface area contributed by atoms with Crippen LogP contribution in [0.2, 0.25) is 0 Å². The number of amides is 2. The quantitative estimate of drug-likeness (QED) is 0.868. The molecular formula is C20H29N5O2. The molecule has 146 valence electrons. The van der Waals surface area contributed by atoms with Gasteiger partial charge in [-0.05, 0) is 38.3 Å². The lowest BCUT2D eigenvalue weighted by atomic mass is 9.87. The Kier molecular flexibility index (Phi) is 5.06. The number of hydrogen-bond acceptors (Lipinski definition) is 4. The molecule has 2 aliphatic rings. The minimum atomic E-state index is -0.00351. The normalized spacial score (nSPS) is 20.7. The second-order valence-electron chi connectivity index (χ2n) is 7.90. The van der Waals surface area contributed by atoms with Crippen molar-refractivity contribution < 1.29 is 9.53 Å². The van der Waals surface area contributed by atoms with Gasteiger partial charge in [0, 0.05) is 31.7 Å². The smallest absolute Gasteiger partial charge is 0.317 e. The number of ether oxygens (including phenoxy) is 1. The van der Waals surface area contributed by atoms with E-state index in [1.54, 1.807) is 0 Å². The first-order chi connectivity index (χ1) is 13.0. The Morgan fingerprint density at radius 2 is 2.00 bits per heavy atom. The number of urea groups is 1. The van der Waals surface area contributed by atoms with Gasteiger partial charge in [0.15, 0.2) is 0 Å². The maximum Gasteiger partial charge on any atom is 0.317 e. The van der Waals surface area contributed by atoms with Gasteiger partial charge in [-0.2, -0.15) is 0 Å². The third-order valence-corrected chi connectivity index (χ3v) is 6.07. The molecule has 0 saturated carbocycles. The summed E-state index contributed by atoms with van der Waals surface area (Å²) < 4.78 is 5.47. The molecule has 27 heavy (non-hydrogen) atoms. The van der Waals surface area contributed by atoms with Gasteiger partial charge < -0.3 is 19.9 Å². The lowest BCUT2D eigenvalue weighted by Gasteiger charge is -2.48. The zero-order valence-corrected chi connectivity index (χ0v) is 16.3. The van der Waals surface area contributed by atoms with E-state index in [1.807, 2.05) is 30.0 Å². The Morgan fingerprint density at radius 1 is 1.26 bits per heavy atom. The zero-order valence-electron chi connectivity index (χ0n) is 16.3.